The maximum atomic E-state index is 12.2. The summed E-state index contributed by atoms with van der Waals surface area (Å²) in [6.45, 7) is 11.9. The zero-order chi connectivity index (χ0) is 15.9. The summed E-state index contributed by atoms with van der Waals surface area (Å²) in [4.78, 5) is 27.9. The van der Waals surface area contributed by atoms with Crippen LogP contribution in [0, 0.1) is 5.41 Å². The maximum Gasteiger partial charge on any atom is 0.317 e. The van der Waals surface area contributed by atoms with Gasteiger partial charge in [0.2, 0.25) is 5.91 Å². The average molecular weight is 297 g/mol. The topological polar surface area (TPSA) is 52.7 Å². The van der Waals surface area contributed by atoms with Crippen molar-refractivity contribution in [1.82, 2.24) is 15.1 Å². The SMILES string of the molecule is CCCCC(=O)N1CCCN(C(=O)NCC(C)(C)C)CC1. The van der Waals surface area contributed by atoms with Crippen molar-refractivity contribution in [3.63, 3.8) is 0 Å². The Balaban J connectivity index is 2.41. The highest BCUT2D eigenvalue weighted by Crippen LogP contribution is 2.11. The predicted molar refractivity (Wildman–Crippen MR) is 85.1 cm³/mol. The van der Waals surface area contributed by atoms with E-state index < -0.39 is 0 Å². The van der Waals surface area contributed by atoms with Gasteiger partial charge in [-0.1, -0.05) is 34.1 Å². The molecule has 0 aromatic carbocycles. The third-order valence-electron chi connectivity index (χ3n) is 3.65. The molecule has 0 radical (unpaired) electrons. The minimum absolute atomic E-state index is 0.00668. The lowest BCUT2D eigenvalue weighted by Crippen LogP contribution is -2.44. The van der Waals surface area contributed by atoms with Crippen molar-refractivity contribution in [1.29, 1.82) is 0 Å². The molecule has 1 rings (SSSR count). The monoisotopic (exact) mass is 297 g/mol. The molecule has 1 aliphatic heterocycles. The predicted octanol–water partition coefficient (Wildman–Crippen LogP) is 2.47. The van der Waals surface area contributed by atoms with Gasteiger partial charge in [0.15, 0.2) is 0 Å². The van der Waals surface area contributed by atoms with E-state index in [1.165, 1.54) is 0 Å². The molecule has 5 nitrogen and oxygen atoms in total. The third-order valence-corrected chi connectivity index (χ3v) is 3.65. The van der Waals surface area contributed by atoms with Gasteiger partial charge in [-0.2, -0.15) is 0 Å². The summed E-state index contributed by atoms with van der Waals surface area (Å²) in [6.07, 6.45) is 3.49. The number of nitrogens with one attached hydrogen (secondary N) is 1. The molecule has 1 fully saturated rings. The Morgan fingerprint density at radius 2 is 1.67 bits per heavy atom. The van der Waals surface area contributed by atoms with E-state index in [1.807, 2.05) is 9.80 Å². The van der Waals surface area contributed by atoms with E-state index in [0.29, 0.717) is 26.1 Å². The Kier molecular flexibility index (Phi) is 6.99. The summed E-state index contributed by atoms with van der Waals surface area (Å²) in [7, 11) is 0. The highest BCUT2D eigenvalue weighted by Gasteiger charge is 2.22. The Morgan fingerprint density at radius 3 is 2.29 bits per heavy atom. The van der Waals surface area contributed by atoms with Crippen LogP contribution in [0.5, 0.6) is 0 Å². The van der Waals surface area contributed by atoms with E-state index >= 15 is 0 Å². The largest absolute Gasteiger partial charge is 0.341 e. The normalized spacial score (nSPS) is 16.6. The highest BCUT2D eigenvalue weighted by atomic mass is 16.2. The lowest BCUT2D eigenvalue weighted by atomic mass is 9.97. The van der Waals surface area contributed by atoms with Gasteiger partial charge in [0, 0.05) is 39.1 Å². The van der Waals surface area contributed by atoms with Crippen molar-refractivity contribution in [2.24, 2.45) is 5.41 Å². The van der Waals surface area contributed by atoms with Crippen molar-refractivity contribution < 1.29 is 9.59 Å². The molecule has 0 aromatic rings. The first-order chi connectivity index (χ1) is 9.83. The standard InChI is InChI=1S/C16H31N3O2/c1-5-6-8-14(20)18-9-7-10-19(12-11-18)15(21)17-13-16(2,3)4/h5-13H2,1-4H3,(H,17,21). The fraction of sp³-hybridized carbons (Fsp3) is 0.875. The molecule has 0 spiro atoms. The van der Waals surface area contributed by atoms with Crippen LogP contribution in [0.25, 0.3) is 0 Å². The summed E-state index contributed by atoms with van der Waals surface area (Å²) < 4.78 is 0. The number of carbonyl (C=O) groups excluding carboxylic acids is 2. The Labute approximate surface area is 129 Å². The minimum atomic E-state index is -0.00668. The van der Waals surface area contributed by atoms with Crippen LogP contribution < -0.4 is 5.32 Å². The van der Waals surface area contributed by atoms with E-state index in [2.05, 4.69) is 33.0 Å². The van der Waals surface area contributed by atoms with Crippen LogP contribution in [0.1, 0.15) is 53.4 Å². The molecule has 1 saturated heterocycles. The first-order valence-corrected chi connectivity index (χ1v) is 8.14. The first kappa shape index (κ1) is 17.8. The van der Waals surface area contributed by atoms with E-state index in [9.17, 15) is 9.59 Å². The Hall–Kier alpha value is -1.26. The van der Waals surface area contributed by atoms with Crippen LogP contribution in [-0.4, -0.2) is 54.5 Å². The van der Waals surface area contributed by atoms with Crippen LogP contribution in [-0.2, 0) is 4.79 Å². The molecule has 21 heavy (non-hydrogen) atoms. The number of unbranched alkanes of at least 4 members (excludes halogenated alkanes) is 1. The van der Waals surface area contributed by atoms with E-state index in [1.54, 1.807) is 0 Å². The van der Waals surface area contributed by atoms with Gasteiger partial charge in [-0.25, -0.2) is 4.79 Å². The van der Waals surface area contributed by atoms with Crippen LogP contribution >= 0.6 is 0 Å². The molecule has 0 aliphatic carbocycles. The molecule has 0 saturated carbocycles. The Morgan fingerprint density at radius 1 is 1.05 bits per heavy atom. The van der Waals surface area contributed by atoms with Crippen LogP contribution in [0.4, 0.5) is 4.79 Å². The zero-order valence-corrected chi connectivity index (χ0v) is 14.1. The summed E-state index contributed by atoms with van der Waals surface area (Å²) in [5.41, 5.74) is 0.0870. The summed E-state index contributed by atoms with van der Waals surface area (Å²) >= 11 is 0. The first-order valence-electron chi connectivity index (χ1n) is 8.14. The number of carbonyl (C=O) groups is 2. The number of urea groups is 1. The molecule has 0 bridgehead atoms. The van der Waals surface area contributed by atoms with Crippen molar-refractivity contribution in [3.05, 3.63) is 0 Å². The second-order valence-electron chi connectivity index (χ2n) is 7.04. The van der Waals surface area contributed by atoms with Gasteiger partial charge >= 0.3 is 6.03 Å². The van der Waals surface area contributed by atoms with Gasteiger partial charge < -0.3 is 15.1 Å². The smallest absolute Gasteiger partial charge is 0.317 e. The van der Waals surface area contributed by atoms with Crippen molar-refractivity contribution in [3.8, 4) is 0 Å². The summed E-state index contributed by atoms with van der Waals surface area (Å²) in [5.74, 6) is 0.230. The van der Waals surface area contributed by atoms with E-state index in [-0.39, 0.29) is 17.4 Å². The summed E-state index contributed by atoms with van der Waals surface area (Å²) in [6, 6.07) is -0.00668. The van der Waals surface area contributed by atoms with Crippen molar-refractivity contribution >= 4 is 11.9 Å². The number of hydrogen-bond donors (Lipinski definition) is 1. The van der Waals surface area contributed by atoms with Gasteiger partial charge in [-0.3, -0.25) is 4.79 Å². The second kappa shape index (κ2) is 8.25. The quantitative estimate of drug-likeness (QED) is 0.866. The molecule has 1 N–H and O–H groups in total. The molecule has 0 atom stereocenters. The number of nitrogens with zero attached hydrogens (tertiary/aromatic N) is 2. The van der Waals surface area contributed by atoms with Gasteiger partial charge in [0.25, 0.3) is 0 Å². The second-order valence-corrected chi connectivity index (χ2v) is 7.04. The van der Waals surface area contributed by atoms with E-state index in [0.717, 1.165) is 32.4 Å². The minimum Gasteiger partial charge on any atom is -0.341 e. The van der Waals surface area contributed by atoms with Crippen molar-refractivity contribution in [2.75, 3.05) is 32.7 Å². The highest BCUT2D eigenvalue weighted by molar-refractivity contribution is 5.77. The van der Waals surface area contributed by atoms with E-state index in [4.69, 9.17) is 0 Å². The van der Waals surface area contributed by atoms with Crippen molar-refractivity contribution in [2.45, 2.75) is 53.4 Å². The molecule has 1 aliphatic rings. The maximum absolute atomic E-state index is 12.2. The number of amides is 3. The van der Waals surface area contributed by atoms with Crippen LogP contribution in [0.2, 0.25) is 0 Å². The molecule has 122 valence electrons. The van der Waals surface area contributed by atoms with Gasteiger partial charge in [0.05, 0.1) is 0 Å². The van der Waals surface area contributed by atoms with Gasteiger partial charge in [-0.15, -0.1) is 0 Å². The molecule has 1 heterocycles. The fourth-order valence-electron chi connectivity index (χ4n) is 2.31. The molecular formula is C16H31N3O2. The lowest BCUT2D eigenvalue weighted by Gasteiger charge is -2.25. The fourth-order valence-corrected chi connectivity index (χ4v) is 2.31. The Bertz CT molecular complexity index is 350. The van der Waals surface area contributed by atoms with Crippen LogP contribution in [0.15, 0.2) is 0 Å². The number of hydrogen-bond acceptors (Lipinski definition) is 2. The van der Waals surface area contributed by atoms with Gasteiger partial charge in [-0.05, 0) is 18.3 Å². The lowest BCUT2D eigenvalue weighted by molar-refractivity contribution is -0.131. The molecule has 0 aromatic heterocycles. The van der Waals surface area contributed by atoms with Gasteiger partial charge in [0.1, 0.15) is 0 Å². The molecule has 3 amide bonds. The molecule has 5 heteroatoms. The number of rotatable bonds is 4. The summed E-state index contributed by atoms with van der Waals surface area (Å²) in [5, 5.41) is 2.98. The van der Waals surface area contributed by atoms with Crippen LogP contribution in [0.3, 0.4) is 0 Å². The molecule has 0 unspecified atom stereocenters. The molecular weight excluding hydrogens is 266 g/mol. The zero-order valence-electron chi connectivity index (χ0n) is 14.1. The average Bonchev–Trinajstić information content (AvgIpc) is 2.67. The third kappa shape index (κ3) is 6.82.